The van der Waals surface area contributed by atoms with Gasteiger partial charge in [0.2, 0.25) is 5.91 Å². The smallest absolute Gasteiger partial charge is 0.234 e. The van der Waals surface area contributed by atoms with E-state index in [9.17, 15) is 4.79 Å². The van der Waals surface area contributed by atoms with Crippen LogP contribution >= 0.6 is 11.6 Å². The standard InChI is InChI=1S/C15H15ClN4O/c1-10-15(16)11(2)20(18-10)8-7-14(21)19-9-17-12-5-3-4-6-13(12)19/h3-6,9H,7-8H2,1-2H3. The Kier molecular flexibility index (Phi) is 3.51. The highest BCUT2D eigenvalue weighted by molar-refractivity contribution is 6.31. The van der Waals surface area contributed by atoms with E-state index in [1.165, 1.54) is 0 Å². The molecule has 108 valence electrons. The fourth-order valence-corrected chi connectivity index (χ4v) is 2.51. The second-order valence-corrected chi connectivity index (χ2v) is 5.33. The molecule has 0 atom stereocenters. The first-order chi connectivity index (χ1) is 10.1. The fourth-order valence-electron chi connectivity index (χ4n) is 2.37. The maximum absolute atomic E-state index is 12.3. The summed E-state index contributed by atoms with van der Waals surface area (Å²) in [5.41, 5.74) is 3.32. The number of carbonyl (C=O) groups excluding carboxylic acids is 1. The molecule has 0 radical (unpaired) electrons. The minimum absolute atomic E-state index is 0.00706. The summed E-state index contributed by atoms with van der Waals surface area (Å²) >= 11 is 6.11. The minimum Gasteiger partial charge on any atom is -0.274 e. The van der Waals surface area contributed by atoms with E-state index in [4.69, 9.17) is 11.6 Å². The van der Waals surface area contributed by atoms with Crippen LogP contribution in [-0.2, 0) is 6.54 Å². The molecule has 3 aromatic rings. The van der Waals surface area contributed by atoms with E-state index in [2.05, 4.69) is 10.1 Å². The Hall–Kier alpha value is -2.14. The highest BCUT2D eigenvalue weighted by Crippen LogP contribution is 2.19. The molecule has 2 heterocycles. The van der Waals surface area contributed by atoms with Crippen LogP contribution in [0.25, 0.3) is 11.0 Å². The highest BCUT2D eigenvalue weighted by Gasteiger charge is 2.13. The second kappa shape index (κ2) is 5.33. The zero-order valence-electron chi connectivity index (χ0n) is 11.9. The SMILES string of the molecule is Cc1nn(CCC(=O)n2cnc3ccccc32)c(C)c1Cl. The number of hydrogen-bond acceptors (Lipinski definition) is 3. The van der Waals surface area contributed by atoms with Gasteiger partial charge >= 0.3 is 0 Å². The molecule has 0 fully saturated rings. The average Bonchev–Trinajstić information content (AvgIpc) is 3.02. The molecule has 0 unspecified atom stereocenters. The van der Waals surface area contributed by atoms with Crippen molar-refractivity contribution in [1.29, 1.82) is 0 Å². The van der Waals surface area contributed by atoms with Crippen molar-refractivity contribution in [3.63, 3.8) is 0 Å². The number of aromatic nitrogens is 4. The Balaban J connectivity index is 1.79. The minimum atomic E-state index is -0.00706. The van der Waals surface area contributed by atoms with Gasteiger partial charge in [0, 0.05) is 6.42 Å². The summed E-state index contributed by atoms with van der Waals surface area (Å²) in [4.78, 5) is 16.6. The molecule has 0 aliphatic rings. The molecule has 3 rings (SSSR count). The van der Waals surface area contributed by atoms with Crippen molar-refractivity contribution in [2.24, 2.45) is 0 Å². The van der Waals surface area contributed by atoms with Gasteiger partial charge in [-0.3, -0.25) is 14.0 Å². The van der Waals surface area contributed by atoms with Gasteiger partial charge in [0.05, 0.1) is 34.0 Å². The van der Waals surface area contributed by atoms with Crippen LogP contribution in [0.5, 0.6) is 0 Å². The van der Waals surface area contributed by atoms with Crippen LogP contribution in [0.4, 0.5) is 0 Å². The molecule has 21 heavy (non-hydrogen) atoms. The highest BCUT2D eigenvalue weighted by atomic mass is 35.5. The van der Waals surface area contributed by atoms with E-state index >= 15 is 0 Å². The Morgan fingerprint density at radius 2 is 2.05 bits per heavy atom. The third kappa shape index (κ3) is 2.45. The third-order valence-electron chi connectivity index (χ3n) is 3.55. The fraction of sp³-hybridized carbons (Fsp3) is 0.267. The summed E-state index contributed by atoms with van der Waals surface area (Å²) in [6.07, 6.45) is 1.92. The summed E-state index contributed by atoms with van der Waals surface area (Å²) in [5, 5.41) is 5.00. The number of rotatable bonds is 3. The average molecular weight is 303 g/mol. The number of carbonyl (C=O) groups is 1. The van der Waals surface area contributed by atoms with Gasteiger partial charge in [-0.25, -0.2) is 4.98 Å². The van der Waals surface area contributed by atoms with Crippen LogP contribution in [0.15, 0.2) is 30.6 Å². The van der Waals surface area contributed by atoms with Gasteiger partial charge in [-0.2, -0.15) is 5.10 Å². The molecule has 0 spiro atoms. The van der Waals surface area contributed by atoms with E-state index in [0.29, 0.717) is 18.0 Å². The lowest BCUT2D eigenvalue weighted by atomic mass is 10.3. The molecule has 1 aromatic carbocycles. The van der Waals surface area contributed by atoms with Crippen molar-refractivity contribution in [2.75, 3.05) is 0 Å². The largest absolute Gasteiger partial charge is 0.274 e. The lowest BCUT2D eigenvalue weighted by molar-refractivity contribution is 0.0900. The van der Waals surface area contributed by atoms with Gasteiger partial charge in [-0.15, -0.1) is 0 Å². The van der Waals surface area contributed by atoms with Crippen LogP contribution < -0.4 is 0 Å². The number of halogens is 1. The zero-order valence-corrected chi connectivity index (χ0v) is 12.6. The maximum Gasteiger partial charge on any atom is 0.234 e. The van der Waals surface area contributed by atoms with Crippen LogP contribution in [0, 0.1) is 13.8 Å². The number of aryl methyl sites for hydroxylation is 2. The van der Waals surface area contributed by atoms with E-state index in [1.54, 1.807) is 15.6 Å². The zero-order chi connectivity index (χ0) is 15.0. The summed E-state index contributed by atoms with van der Waals surface area (Å²) < 4.78 is 3.36. The van der Waals surface area contributed by atoms with Gasteiger partial charge < -0.3 is 0 Å². The van der Waals surface area contributed by atoms with Crippen LogP contribution in [0.2, 0.25) is 5.02 Å². The van der Waals surface area contributed by atoms with Crippen molar-refractivity contribution >= 4 is 28.5 Å². The van der Waals surface area contributed by atoms with E-state index in [0.717, 1.165) is 22.4 Å². The van der Waals surface area contributed by atoms with Crippen molar-refractivity contribution in [3.05, 3.63) is 47.0 Å². The predicted octanol–water partition coefficient (Wildman–Crippen LogP) is 3.23. The van der Waals surface area contributed by atoms with Crippen LogP contribution in [0.1, 0.15) is 22.6 Å². The number of hydrogen-bond donors (Lipinski definition) is 0. The molecule has 0 N–H and O–H groups in total. The molecular formula is C15H15ClN4O. The molecule has 6 heteroatoms. The van der Waals surface area contributed by atoms with Crippen molar-refractivity contribution in [2.45, 2.75) is 26.8 Å². The second-order valence-electron chi connectivity index (χ2n) is 4.95. The third-order valence-corrected chi connectivity index (χ3v) is 4.10. The Morgan fingerprint density at radius 1 is 1.29 bits per heavy atom. The molecular weight excluding hydrogens is 288 g/mol. The molecule has 2 aromatic heterocycles. The maximum atomic E-state index is 12.3. The lowest BCUT2D eigenvalue weighted by Crippen LogP contribution is -2.14. The normalized spacial score (nSPS) is 11.2. The monoisotopic (exact) mass is 302 g/mol. The van der Waals surface area contributed by atoms with Crippen molar-refractivity contribution in [3.8, 4) is 0 Å². The van der Waals surface area contributed by atoms with Gasteiger partial charge in [-0.1, -0.05) is 23.7 Å². The van der Waals surface area contributed by atoms with E-state index < -0.39 is 0 Å². The molecule has 0 amide bonds. The first-order valence-corrected chi connectivity index (χ1v) is 7.10. The van der Waals surface area contributed by atoms with Crippen LogP contribution in [0.3, 0.4) is 0 Å². The number of para-hydroxylation sites is 2. The molecule has 0 saturated heterocycles. The molecule has 0 bridgehead atoms. The first kappa shape index (κ1) is 13.8. The first-order valence-electron chi connectivity index (χ1n) is 6.72. The van der Waals surface area contributed by atoms with Gasteiger partial charge in [0.1, 0.15) is 6.33 Å². The molecule has 0 saturated carbocycles. The quantitative estimate of drug-likeness (QED) is 0.746. The predicted molar refractivity (Wildman–Crippen MR) is 81.7 cm³/mol. The molecule has 5 nitrogen and oxygen atoms in total. The lowest BCUT2D eigenvalue weighted by Gasteiger charge is -2.05. The summed E-state index contributed by atoms with van der Waals surface area (Å²) in [5.74, 6) is -0.00706. The van der Waals surface area contributed by atoms with E-state index in [-0.39, 0.29) is 5.91 Å². The summed E-state index contributed by atoms with van der Waals surface area (Å²) in [6.45, 7) is 4.27. The number of fused-ring (bicyclic) bond motifs is 1. The Labute approximate surface area is 127 Å². The molecule has 0 aliphatic carbocycles. The van der Waals surface area contributed by atoms with E-state index in [1.807, 2.05) is 38.1 Å². The Bertz CT molecular complexity index is 818. The topological polar surface area (TPSA) is 52.7 Å². The number of nitrogens with zero attached hydrogens (tertiary/aromatic N) is 4. The van der Waals surface area contributed by atoms with Crippen molar-refractivity contribution in [1.82, 2.24) is 19.3 Å². The summed E-state index contributed by atoms with van der Waals surface area (Å²) in [7, 11) is 0. The van der Waals surface area contributed by atoms with Gasteiger partial charge in [-0.05, 0) is 26.0 Å². The van der Waals surface area contributed by atoms with Gasteiger partial charge in [0.15, 0.2) is 0 Å². The summed E-state index contributed by atoms with van der Waals surface area (Å²) in [6, 6.07) is 7.58. The Morgan fingerprint density at radius 3 is 2.76 bits per heavy atom. The molecule has 0 aliphatic heterocycles. The van der Waals surface area contributed by atoms with Gasteiger partial charge in [0.25, 0.3) is 0 Å². The number of benzene rings is 1. The number of imidazole rings is 1. The van der Waals surface area contributed by atoms with Crippen molar-refractivity contribution < 1.29 is 4.79 Å². The van der Waals surface area contributed by atoms with Crippen LogP contribution in [-0.4, -0.2) is 25.2 Å².